The quantitative estimate of drug-likeness (QED) is 0.0957. The Morgan fingerprint density at radius 1 is 0.141 bits per heavy atom. The summed E-state index contributed by atoms with van der Waals surface area (Å²) in [7, 11) is 0. The summed E-state index contributed by atoms with van der Waals surface area (Å²) in [4.78, 5) is 15.7. The number of hydrogen-bond acceptors (Lipinski definition) is 3. The maximum absolute atomic E-state index is 5.26. The zero-order valence-electron chi connectivity index (χ0n) is 83.8. The number of rotatable bonds is 11. The van der Waals surface area contributed by atoms with Crippen LogP contribution in [0.5, 0.6) is 0 Å². The molecule has 0 unspecified atom stereocenters. The van der Waals surface area contributed by atoms with Crippen molar-refractivity contribution in [2.75, 3.05) is 0 Å². The van der Waals surface area contributed by atoms with Crippen LogP contribution in [0.25, 0.3) is 264 Å². The Balaban J connectivity index is 0.000000108. The molecule has 0 radical (unpaired) electrons. The monoisotopic (exact) mass is 1900 g/mol. The molecule has 3 aliphatic carbocycles. The third-order valence-electron chi connectivity index (χ3n) is 32.6. The Morgan fingerprint density at radius 2 is 0.409 bits per heavy atom. The average molecular weight is 1900 g/mol. The second kappa shape index (κ2) is 35.0. The second-order valence-electron chi connectivity index (χ2n) is 42.2. The van der Waals surface area contributed by atoms with Crippen molar-refractivity contribution in [3.8, 4) is 156 Å². The van der Waals surface area contributed by atoms with Gasteiger partial charge in [-0.1, -0.05) is 484 Å². The third-order valence-corrected chi connectivity index (χ3v) is 32.6. The van der Waals surface area contributed by atoms with Gasteiger partial charge in [0.1, 0.15) is 0 Å². The van der Waals surface area contributed by atoms with Gasteiger partial charge in [-0.25, -0.2) is 15.0 Å². The van der Waals surface area contributed by atoms with Crippen molar-refractivity contribution < 1.29 is 0 Å². The molecule has 0 bridgehead atoms. The first-order valence-corrected chi connectivity index (χ1v) is 52.1. The maximum atomic E-state index is 5.26. The molecule has 0 spiro atoms. The zero-order valence-corrected chi connectivity index (χ0v) is 83.8. The fourth-order valence-electron chi connectivity index (χ4n) is 25.5. The molecule has 0 amide bonds. The first-order valence-electron chi connectivity index (χ1n) is 52.1. The van der Waals surface area contributed by atoms with Crippen LogP contribution in [0, 0.1) is 0 Å². The van der Waals surface area contributed by atoms with Crippen molar-refractivity contribution in [2.45, 2.75) is 57.8 Å². The zero-order chi connectivity index (χ0) is 99.5. The normalized spacial score (nSPS) is 13.2. The molecule has 0 atom stereocenters. The van der Waals surface area contributed by atoms with Gasteiger partial charge in [0, 0.05) is 49.1 Å². The lowest BCUT2D eigenvalue weighted by Crippen LogP contribution is -2.16. The number of pyridine rings is 3. The fraction of sp³-hybridized carbons (Fsp3) is 0.0616. The molecule has 0 saturated carbocycles. The van der Waals surface area contributed by atoms with Crippen LogP contribution in [-0.2, 0) is 16.2 Å². The van der Waals surface area contributed by atoms with Crippen LogP contribution in [0.1, 0.15) is 74.9 Å². The van der Waals surface area contributed by atoms with Crippen LogP contribution in [0.15, 0.2) is 504 Å². The van der Waals surface area contributed by atoms with E-state index in [4.69, 9.17) is 15.0 Å². The minimum Gasteiger partial charge on any atom is -0.247 e. The van der Waals surface area contributed by atoms with Crippen LogP contribution in [0.4, 0.5) is 0 Å². The average Bonchev–Trinajstić information content (AvgIpc) is 1.51. The molecule has 3 aromatic heterocycles. The highest BCUT2D eigenvalue weighted by Crippen LogP contribution is 2.59. The molecular weight excluding hydrogens is 1800 g/mol. The van der Waals surface area contributed by atoms with Gasteiger partial charge in [-0.05, 0) is 292 Å². The Morgan fingerprint density at radius 3 is 0.859 bits per heavy atom. The Kier molecular flexibility index (Phi) is 20.7. The summed E-state index contributed by atoms with van der Waals surface area (Å²) in [5.41, 5.74) is 44.9. The summed E-state index contributed by atoms with van der Waals surface area (Å²) in [5.74, 6) is 0. The summed E-state index contributed by atoms with van der Waals surface area (Å²) in [5, 5.41) is 21.7. The number of hydrogen-bond donors (Lipinski definition) is 0. The van der Waals surface area contributed by atoms with Crippen LogP contribution < -0.4 is 0 Å². The predicted molar refractivity (Wildman–Crippen MR) is 631 cm³/mol. The lowest BCUT2D eigenvalue weighted by atomic mass is 9.78. The van der Waals surface area contributed by atoms with Gasteiger partial charge in [0.25, 0.3) is 0 Å². The van der Waals surface area contributed by atoms with Gasteiger partial charge in [0.05, 0.1) is 33.6 Å². The van der Waals surface area contributed by atoms with Crippen molar-refractivity contribution >= 4 is 108 Å². The summed E-state index contributed by atoms with van der Waals surface area (Å²) in [6.45, 7) is 14.1. The van der Waals surface area contributed by atoms with E-state index < -0.39 is 0 Å². The van der Waals surface area contributed by atoms with Gasteiger partial charge in [-0.3, -0.25) is 0 Å². The standard InChI is InChI=1S/C56H39N.C46H31N.C44H31N/c1-56(2)49-26-13-11-24-46(49)55-54(56)53(47-25-12-14-27-50(47)57-55)39-30-28-36(29-31-39)40-20-15-21-41(34-40)42-32-33-45-48(35-42)52(38-18-7-4-8-19-38)44-23-10-9-22-43(44)51(45)37-16-5-3-6-17-37;1-46(2)39-15-5-3-13-37(39)45-44(46)43(38-14-4-6-16-40(38)47-45)32-19-17-28(18-20-32)33-11-8-12-34(27-33)35-25-23-31-22-21-29-9-7-10-30-24-26-36(35)42(31)41(29)30;1-44(2)39-16-7-5-14-37(39)43-42(44)41(38-15-6-8-17-40(38)45-43)29-20-18-28(19-21-29)30-12-9-13-33(24-30)34-22-23-35-25-31-10-3-4-11-32(31)26-36(35)27-34/h3-35H,1-2H3;3-27H,1-2H3;3-27H,1-2H3. The van der Waals surface area contributed by atoms with Gasteiger partial charge in [-0.15, -0.1) is 0 Å². The summed E-state index contributed by atoms with van der Waals surface area (Å²) in [6.07, 6.45) is 0. The Bertz CT molecular complexity index is 10100. The number of nitrogens with zero attached hydrogens (tertiary/aromatic N) is 3. The molecule has 700 valence electrons. The molecular formula is C146H101N3. The maximum Gasteiger partial charge on any atom is 0.0759 e. The molecule has 24 aromatic carbocycles. The van der Waals surface area contributed by atoms with E-state index in [1.165, 1.54) is 264 Å². The van der Waals surface area contributed by atoms with Crippen molar-refractivity contribution in [1.82, 2.24) is 15.0 Å². The first kappa shape index (κ1) is 88.3. The summed E-state index contributed by atoms with van der Waals surface area (Å²) in [6, 6.07) is 184. The van der Waals surface area contributed by atoms with Crippen molar-refractivity contribution in [2.24, 2.45) is 0 Å². The highest BCUT2D eigenvalue weighted by atomic mass is 14.8. The molecule has 0 saturated heterocycles. The van der Waals surface area contributed by atoms with Gasteiger partial charge in [0.15, 0.2) is 0 Å². The largest absolute Gasteiger partial charge is 0.247 e. The number of para-hydroxylation sites is 3. The van der Waals surface area contributed by atoms with Crippen LogP contribution in [0.3, 0.4) is 0 Å². The molecule has 3 heteroatoms. The van der Waals surface area contributed by atoms with Gasteiger partial charge < -0.3 is 0 Å². The fourth-order valence-corrected chi connectivity index (χ4v) is 25.5. The van der Waals surface area contributed by atoms with Crippen molar-refractivity contribution in [3.05, 3.63) is 537 Å². The van der Waals surface area contributed by atoms with E-state index in [-0.39, 0.29) is 16.2 Å². The smallest absolute Gasteiger partial charge is 0.0759 e. The second-order valence-corrected chi connectivity index (χ2v) is 42.2. The molecule has 0 aliphatic heterocycles. The highest BCUT2D eigenvalue weighted by Gasteiger charge is 2.43. The molecule has 3 heterocycles. The molecule has 3 nitrogen and oxygen atoms in total. The number of aromatic nitrogens is 3. The first-order chi connectivity index (χ1) is 73.1. The van der Waals surface area contributed by atoms with Gasteiger partial charge in [-0.2, -0.15) is 0 Å². The number of benzene rings is 24. The van der Waals surface area contributed by atoms with Crippen LogP contribution in [0.2, 0.25) is 0 Å². The Hall–Kier alpha value is -18.4. The summed E-state index contributed by atoms with van der Waals surface area (Å²) >= 11 is 0. The molecule has 30 rings (SSSR count). The predicted octanol–water partition coefficient (Wildman–Crippen LogP) is 39.5. The van der Waals surface area contributed by atoms with E-state index in [9.17, 15) is 0 Å². The van der Waals surface area contributed by atoms with E-state index in [1.54, 1.807) is 0 Å². The van der Waals surface area contributed by atoms with E-state index in [0.29, 0.717) is 0 Å². The van der Waals surface area contributed by atoms with Gasteiger partial charge >= 0.3 is 0 Å². The minimum absolute atomic E-state index is 0.141. The minimum atomic E-state index is -0.167. The van der Waals surface area contributed by atoms with E-state index in [2.05, 4.69) is 545 Å². The summed E-state index contributed by atoms with van der Waals surface area (Å²) < 4.78 is 0. The topological polar surface area (TPSA) is 38.7 Å². The lowest BCUT2D eigenvalue weighted by molar-refractivity contribution is 0.661. The number of fused-ring (bicyclic) bond motifs is 16. The van der Waals surface area contributed by atoms with E-state index in [1.807, 2.05) is 0 Å². The Labute approximate surface area is 867 Å². The molecule has 0 fully saturated rings. The van der Waals surface area contributed by atoms with E-state index in [0.717, 1.165) is 33.6 Å². The van der Waals surface area contributed by atoms with Crippen LogP contribution in [-0.4, -0.2) is 15.0 Å². The van der Waals surface area contributed by atoms with E-state index >= 15 is 0 Å². The lowest BCUT2D eigenvalue weighted by Gasteiger charge is -2.25. The molecule has 0 N–H and O–H groups in total. The van der Waals surface area contributed by atoms with Crippen molar-refractivity contribution in [1.29, 1.82) is 0 Å². The molecule has 3 aliphatic rings. The highest BCUT2D eigenvalue weighted by molar-refractivity contribution is 6.26. The third kappa shape index (κ3) is 14.6. The molecule has 27 aromatic rings. The van der Waals surface area contributed by atoms with Crippen molar-refractivity contribution in [3.63, 3.8) is 0 Å². The van der Waals surface area contributed by atoms with Crippen LogP contribution >= 0.6 is 0 Å². The SMILES string of the molecule is CC1(C)c2ccccc2-c2nc3ccccc3c(-c3ccc(-c4cccc(-c5ccc6c(-c7ccccc7)c7ccccc7c(-c7ccccc7)c6c5)c4)cc3)c21.CC1(C)c2ccccc2-c2nc3ccccc3c(-c3ccc(-c4cccc(-c5ccc6cc7ccccc7cc6c5)c4)cc3)c21.CC1(C)c2ccccc2-c2nc3ccccc3c(-c3ccc(-c4cccc(-c5ccc6ccc7cccc8ccc5c6c78)c4)cc3)c21. The molecule has 149 heavy (non-hydrogen) atoms. The van der Waals surface area contributed by atoms with Gasteiger partial charge in [0.2, 0.25) is 0 Å².